The van der Waals surface area contributed by atoms with Gasteiger partial charge in [0.1, 0.15) is 0 Å². The van der Waals surface area contributed by atoms with Crippen molar-refractivity contribution in [1.82, 2.24) is 9.55 Å². The van der Waals surface area contributed by atoms with Crippen molar-refractivity contribution in [3.8, 4) is 0 Å². The fraction of sp³-hybridized carbons (Fsp3) is 0.333. The van der Waals surface area contributed by atoms with E-state index < -0.39 is 5.54 Å². The summed E-state index contributed by atoms with van der Waals surface area (Å²) in [5.74, 6) is 0.325. The Hall–Kier alpha value is -2.14. The molecule has 0 bridgehead atoms. The molecule has 20 heavy (non-hydrogen) atoms. The summed E-state index contributed by atoms with van der Waals surface area (Å²) in [6.45, 7) is 4.86. The molecule has 0 amide bonds. The molecule has 1 heterocycles. The molecule has 0 spiro atoms. The summed E-state index contributed by atoms with van der Waals surface area (Å²) in [5.41, 5.74) is 6.27. The lowest BCUT2D eigenvalue weighted by molar-refractivity contribution is 0.550. The molecule has 5 nitrogen and oxygen atoms in total. The molecule has 1 aromatic carbocycles. The van der Waals surface area contributed by atoms with Crippen LogP contribution in [0.25, 0.3) is 0 Å². The van der Waals surface area contributed by atoms with Gasteiger partial charge in [-0.05, 0) is 19.4 Å². The molecule has 106 valence electrons. The van der Waals surface area contributed by atoms with Gasteiger partial charge in [-0.3, -0.25) is 4.79 Å². The molecule has 0 aliphatic rings. The zero-order valence-corrected chi connectivity index (χ0v) is 11.8. The Morgan fingerprint density at radius 1 is 1.35 bits per heavy atom. The third kappa shape index (κ3) is 2.72. The fourth-order valence-corrected chi connectivity index (χ4v) is 2.09. The highest BCUT2D eigenvalue weighted by Crippen LogP contribution is 2.22. The first-order valence-electron chi connectivity index (χ1n) is 6.70. The molecule has 0 saturated heterocycles. The van der Waals surface area contributed by atoms with E-state index in [1.165, 1.54) is 0 Å². The van der Waals surface area contributed by atoms with Crippen molar-refractivity contribution >= 4 is 5.82 Å². The number of nitrogens with zero attached hydrogens (tertiary/aromatic N) is 2. The third-order valence-corrected chi connectivity index (χ3v) is 3.47. The highest BCUT2D eigenvalue weighted by Gasteiger charge is 2.26. The molecule has 1 unspecified atom stereocenters. The summed E-state index contributed by atoms with van der Waals surface area (Å²) in [4.78, 5) is 16.4. The SMILES string of the molecule is CCn1ccnc(NC(C)(CN)c2ccccc2)c1=O. The van der Waals surface area contributed by atoms with Gasteiger partial charge in [0.2, 0.25) is 0 Å². The van der Waals surface area contributed by atoms with Gasteiger partial charge in [0.25, 0.3) is 5.56 Å². The Labute approximate surface area is 118 Å². The zero-order chi connectivity index (χ0) is 14.6. The Balaban J connectivity index is 2.39. The van der Waals surface area contributed by atoms with Gasteiger partial charge < -0.3 is 15.6 Å². The number of rotatable bonds is 5. The van der Waals surface area contributed by atoms with E-state index in [0.717, 1.165) is 5.56 Å². The van der Waals surface area contributed by atoms with Crippen molar-refractivity contribution < 1.29 is 0 Å². The van der Waals surface area contributed by atoms with Gasteiger partial charge in [-0.1, -0.05) is 30.3 Å². The lowest BCUT2D eigenvalue weighted by atomic mass is 9.92. The maximum Gasteiger partial charge on any atom is 0.293 e. The van der Waals surface area contributed by atoms with Gasteiger partial charge in [0, 0.05) is 25.5 Å². The second kappa shape index (κ2) is 5.88. The summed E-state index contributed by atoms with van der Waals surface area (Å²) >= 11 is 0. The molecule has 0 aliphatic carbocycles. The Morgan fingerprint density at radius 3 is 2.65 bits per heavy atom. The summed E-state index contributed by atoms with van der Waals surface area (Å²) in [6.07, 6.45) is 3.30. The topological polar surface area (TPSA) is 72.9 Å². The second-order valence-corrected chi connectivity index (χ2v) is 4.89. The number of nitrogens with two attached hydrogens (primary N) is 1. The van der Waals surface area contributed by atoms with Crippen LogP contribution in [0.4, 0.5) is 5.82 Å². The van der Waals surface area contributed by atoms with Crippen molar-refractivity contribution in [2.75, 3.05) is 11.9 Å². The summed E-state index contributed by atoms with van der Waals surface area (Å²) in [5, 5.41) is 3.19. The molecule has 3 N–H and O–H groups in total. The first-order valence-corrected chi connectivity index (χ1v) is 6.70. The molecular weight excluding hydrogens is 252 g/mol. The van der Waals surface area contributed by atoms with E-state index in [4.69, 9.17) is 5.73 Å². The molecule has 1 atom stereocenters. The van der Waals surface area contributed by atoms with Crippen LogP contribution in [0.1, 0.15) is 19.4 Å². The average Bonchev–Trinajstić information content (AvgIpc) is 2.50. The van der Waals surface area contributed by atoms with E-state index >= 15 is 0 Å². The van der Waals surface area contributed by atoms with Crippen LogP contribution >= 0.6 is 0 Å². The standard InChI is InChI=1S/C15H20N4O/c1-3-19-10-9-17-13(14(19)20)18-15(2,11-16)12-7-5-4-6-8-12/h4-10H,3,11,16H2,1-2H3,(H,17,18). The van der Waals surface area contributed by atoms with Crippen LogP contribution in [0.2, 0.25) is 0 Å². The molecule has 0 saturated carbocycles. The van der Waals surface area contributed by atoms with E-state index in [9.17, 15) is 4.79 Å². The van der Waals surface area contributed by atoms with E-state index in [0.29, 0.717) is 18.9 Å². The van der Waals surface area contributed by atoms with Crippen LogP contribution in [-0.4, -0.2) is 16.1 Å². The van der Waals surface area contributed by atoms with Crippen molar-refractivity contribution in [1.29, 1.82) is 0 Å². The van der Waals surface area contributed by atoms with Crippen LogP contribution in [0.3, 0.4) is 0 Å². The number of nitrogens with one attached hydrogen (secondary N) is 1. The minimum Gasteiger partial charge on any atom is -0.355 e. The first-order chi connectivity index (χ1) is 9.60. The minimum atomic E-state index is -0.527. The van der Waals surface area contributed by atoms with Gasteiger partial charge in [-0.2, -0.15) is 0 Å². The zero-order valence-electron chi connectivity index (χ0n) is 11.8. The van der Waals surface area contributed by atoms with Crippen molar-refractivity contribution in [3.05, 3.63) is 58.6 Å². The molecule has 5 heteroatoms. The maximum atomic E-state index is 12.2. The molecule has 0 aliphatic heterocycles. The number of anilines is 1. The predicted molar refractivity (Wildman–Crippen MR) is 80.6 cm³/mol. The highest BCUT2D eigenvalue weighted by molar-refractivity contribution is 5.40. The molecule has 0 radical (unpaired) electrons. The van der Waals surface area contributed by atoms with Gasteiger partial charge in [0.15, 0.2) is 5.82 Å². The van der Waals surface area contributed by atoms with Crippen LogP contribution in [-0.2, 0) is 12.1 Å². The third-order valence-electron chi connectivity index (χ3n) is 3.47. The van der Waals surface area contributed by atoms with Crippen LogP contribution in [0.5, 0.6) is 0 Å². The number of aryl methyl sites for hydroxylation is 1. The van der Waals surface area contributed by atoms with Crippen LogP contribution in [0, 0.1) is 0 Å². The molecule has 1 aromatic heterocycles. The monoisotopic (exact) mass is 272 g/mol. The molecule has 0 fully saturated rings. The van der Waals surface area contributed by atoms with E-state index in [-0.39, 0.29) is 5.56 Å². The average molecular weight is 272 g/mol. The van der Waals surface area contributed by atoms with Crippen molar-refractivity contribution in [2.45, 2.75) is 25.9 Å². The minimum absolute atomic E-state index is 0.134. The summed E-state index contributed by atoms with van der Waals surface area (Å²) in [6, 6.07) is 9.83. The van der Waals surface area contributed by atoms with Gasteiger partial charge >= 0.3 is 0 Å². The smallest absolute Gasteiger partial charge is 0.293 e. The number of aromatic nitrogens is 2. The van der Waals surface area contributed by atoms with Crippen molar-refractivity contribution in [3.63, 3.8) is 0 Å². The lowest BCUT2D eigenvalue weighted by Gasteiger charge is -2.30. The van der Waals surface area contributed by atoms with Gasteiger partial charge in [-0.15, -0.1) is 0 Å². The second-order valence-electron chi connectivity index (χ2n) is 4.89. The summed E-state index contributed by atoms with van der Waals surface area (Å²) < 4.78 is 1.61. The number of hydrogen-bond donors (Lipinski definition) is 2. The normalized spacial score (nSPS) is 13.8. The highest BCUT2D eigenvalue weighted by atomic mass is 16.1. The Morgan fingerprint density at radius 2 is 2.05 bits per heavy atom. The van der Waals surface area contributed by atoms with Gasteiger partial charge in [-0.25, -0.2) is 4.98 Å². The van der Waals surface area contributed by atoms with Gasteiger partial charge in [0.05, 0.1) is 5.54 Å². The predicted octanol–water partition coefficient (Wildman–Crippen LogP) is 1.55. The van der Waals surface area contributed by atoms with Crippen LogP contribution in [0.15, 0.2) is 47.5 Å². The summed E-state index contributed by atoms with van der Waals surface area (Å²) in [7, 11) is 0. The quantitative estimate of drug-likeness (QED) is 0.866. The molecule has 2 aromatic rings. The number of benzene rings is 1. The van der Waals surface area contributed by atoms with Crippen LogP contribution < -0.4 is 16.6 Å². The van der Waals surface area contributed by atoms with Crippen molar-refractivity contribution in [2.24, 2.45) is 5.73 Å². The molecular formula is C15H20N4O. The van der Waals surface area contributed by atoms with E-state index in [1.807, 2.05) is 44.2 Å². The fourth-order valence-electron chi connectivity index (χ4n) is 2.09. The largest absolute Gasteiger partial charge is 0.355 e. The first kappa shape index (κ1) is 14.3. The number of hydrogen-bond acceptors (Lipinski definition) is 4. The Kier molecular flexibility index (Phi) is 4.20. The Bertz CT molecular complexity index is 623. The van der Waals surface area contributed by atoms with E-state index in [1.54, 1.807) is 17.0 Å². The molecule has 2 rings (SSSR count). The van der Waals surface area contributed by atoms with E-state index in [2.05, 4.69) is 10.3 Å². The lowest BCUT2D eigenvalue weighted by Crippen LogP contribution is -2.42. The maximum absolute atomic E-state index is 12.2.